The van der Waals surface area contributed by atoms with Crippen LogP contribution in [0.15, 0.2) is 65.5 Å². The summed E-state index contributed by atoms with van der Waals surface area (Å²) in [7, 11) is 0. The molecule has 9 heteroatoms. The van der Waals surface area contributed by atoms with Gasteiger partial charge < -0.3 is 23.9 Å². The van der Waals surface area contributed by atoms with Crippen molar-refractivity contribution in [2.45, 2.75) is 44.9 Å². The maximum Gasteiger partial charge on any atom is 0.218 e. The van der Waals surface area contributed by atoms with Crippen LogP contribution in [0, 0.1) is 11.6 Å². The fraction of sp³-hybridized carbons (Fsp3) is 0.286. The lowest BCUT2D eigenvalue weighted by molar-refractivity contribution is 0.0931. The number of oxazole rings is 1. The first-order valence-electron chi connectivity index (χ1n) is 12.1. The number of aromatic nitrogens is 3. The molecule has 7 nitrogen and oxygen atoms in total. The fourth-order valence-corrected chi connectivity index (χ4v) is 3.82. The molecule has 4 aromatic rings. The number of imidazole rings is 1. The minimum Gasteiger partial charge on any atom is -0.487 e. The molecule has 194 valence electrons. The number of aliphatic hydroxyl groups excluding tert-OH is 2. The summed E-state index contributed by atoms with van der Waals surface area (Å²) in [6.07, 6.45) is 10.2. The van der Waals surface area contributed by atoms with Gasteiger partial charge in [-0.2, -0.15) is 0 Å². The molecule has 0 aliphatic rings. The molecule has 2 N–H and O–H groups in total. The molecule has 0 aliphatic heterocycles. The third-order valence-electron chi connectivity index (χ3n) is 5.82. The number of aryl methyl sites for hydroxylation is 2. The minimum atomic E-state index is -0.790. The van der Waals surface area contributed by atoms with Gasteiger partial charge in [-0.1, -0.05) is 18.2 Å². The van der Waals surface area contributed by atoms with E-state index in [0.29, 0.717) is 17.9 Å². The van der Waals surface area contributed by atoms with Gasteiger partial charge in [-0.15, -0.1) is 0 Å². The molecule has 2 heterocycles. The van der Waals surface area contributed by atoms with Gasteiger partial charge in [0.1, 0.15) is 41.8 Å². The third kappa shape index (κ3) is 7.58. The lowest BCUT2D eigenvalue weighted by Gasteiger charge is -2.10. The van der Waals surface area contributed by atoms with Crippen LogP contribution < -0.4 is 4.74 Å². The molecule has 0 saturated carbocycles. The summed E-state index contributed by atoms with van der Waals surface area (Å²) in [6, 6.07) is 11.5. The molecular formula is C28H29F2N3O4. The topological polar surface area (TPSA) is 93.5 Å². The number of nitrogens with zero attached hydrogens (tertiary/aromatic N) is 3. The summed E-state index contributed by atoms with van der Waals surface area (Å²) in [6.45, 7) is 0.727. The van der Waals surface area contributed by atoms with Crippen LogP contribution in [0.25, 0.3) is 12.2 Å². The van der Waals surface area contributed by atoms with Gasteiger partial charge in [-0.05, 0) is 55.2 Å². The van der Waals surface area contributed by atoms with Crippen LogP contribution in [0.3, 0.4) is 0 Å². The first-order valence-corrected chi connectivity index (χ1v) is 12.1. The zero-order valence-corrected chi connectivity index (χ0v) is 20.3. The predicted molar refractivity (Wildman–Crippen MR) is 135 cm³/mol. The Balaban J connectivity index is 1.20. The number of ether oxygens (including phenoxy) is 1. The van der Waals surface area contributed by atoms with Gasteiger partial charge in [0, 0.05) is 37.0 Å². The standard InChI is InChI=1S/C28H29F2N3O4/c29-25-5-3-6-26(30)24(25)11-12-28-32-21(19-37-28)18-36-23-9-7-20(8-10-23)4-1-2-14-33-15-13-31-27(33)16-22(35)17-34/h3,5-13,15,19,22,34-35H,1-2,4,14,16-18H2/b12-11+. The van der Waals surface area contributed by atoms with Crippen LogP contribution in [-0.2, 0) is 26.0 Å². The second kappa shape index (κ2) is 12.9. The van der Waals surface area contributed by atoms with Crippen molar-refractivity contribution in [1.82, 2.24) is 14.5 Å². The Morgan fingerprint density at radius 1 is 1.05 bits per heavy atom. The van der Waals surface area contributed by atoms with Gasteiger partial charge in [0.2, 0.25) is 5.89 Å². The van der Waals surface area contributed by atoms with Crippen molar-refractivity contribution in [3.8, 4) is 5.75 Å². The van der Waals surface area contributed by atoms with E-state index >= 15 is 0 Å². The number of halogens is 2. The Bertz CT molecular complexity index is 1280. The molecule has 2 aromatic carbocycles. The first-order chi connectivity index (χ1) is 18.0. The number of aliphatic hydroxyl groups is 2. The highest BCUT2D eigenvalue weighted by atomic mass is 19.1. The molecule has 0 aliphatic carbocycles. The summed E-state index contributed by atoms with van der Waals surface area (Å²) in [5, 5.41) is 18.7. The molecule has 0 radical (unpaired) electrons. The molecule has 0 spiro atoms. The lowest BCUT2D eigenvalue weighted by atomic mass is 10.1. The highest BCUT2D eigenvalue weighted by Gasteiger charge is 2.10. The van der Waals surface area contributed by atoms with Crippen molar-refractivity contribution >= 4 is 12.2 Å². The normalized spacial score (nSPS) is 12.3. The number of hydrogen-bond donors (Lipinski definition) is 2. The molecular weight excluding hydrogens is 480 g/mol. The molecule has 0 saturated heterocycles. The van der Waals surface area contributed by atoms with Crippen LogP contribution >= 0.6 is 0 Å². The zero-order valence-electron chi connectivity index (χ0n) is 20.3. The summed E-state index contributed by atoms with van der Waals surface area (Å²) in [4.78, 5) is 8.52. The summed E-state index contributed by atoms with van der Waals surface area (Å²) in [5.74, 6) is 0.387. The van der Waals surface area contributed by atoms with Gasteiger partial charge in [-0.25, -0.2) is 18.7 Å². The SMILES string of the molecule is OCC(O)Cc1nccn1CCCCc1ccc(OCc2coc(/C=C/c3c(F)cccc3F)n2)cc1. The number of hydrogen-bond acceptors (Lipinski definition) is 6. The number of rotatable bonds is 13. The Kier molecular flexibility index (Phi) is 9.18. The molecule has 1 atom stereocenters. The molecule has 0 bridgehead atoms. The zero-order chi connectivity index (χ0) is 26.0. The van der Waals surface area contributed by atoms with E-state index < -0.39 is 17.7 Å². The van der Waals surface area contributed by atoms with Crippen LogP contribution in [0.1, 0.15) is 41.4 Å². The third-order valence-corrected chi connectivity index (χ3v) is 5.82. The number of unbranched alkanes of at least 4 members (excludes halogenated alkanes) is 1. The van der Waals surface area contributed by atoms with E-state index in [1.807, 2.05) is 35.0 Å². The van der Waals surface area contributed by atoms with Crippen molar-refractivity contribution in [2.24, 2.45) is 0 Å². The van der Waals surface area contributed by atoms with Gasteiger partial charge in [0.25, 0.3) is 0 Å². The van der Waals surface area contributed by atoms with Crippen LogP contribution in [0.4, 0.5) is 8.78 Å². The van der Waals surface area contributed by atoms with E-state index in [4.69, 9.17) is 14.3 Å². The van der Waals surface area contributed by atoms with E-state index in [1.54, 1.807) is 6.20 Å². The maximum absolute atomic E-state index is 13.7. The molecule has 1 unspecified atom stereocenters. The summed E-state index contributed by atoms with van der Waals surface area (Å²) >= 11 is 0. The van der Waals surface area contributed by atoms with Crippen LogP contribution in [-0.4, -0.2) is 37.5 Å². The van der Waals surface area contributed by atoms with Gasteiger partial charge in [0.15, 0.2) is 0 Å². The van der Waals surface area contributed by atoms with E-state index in [0.717, 1.165) is 31.6 Å². The second-order valence-corrected chi connectivity index (χ2v) is 8.61. The van der Waals surface area contributed by atoms with Crippen molar-refractivity contribution < 1.29 is 28.1 Å². The average molecular weight is 510 g/mol. The quantitative estimate of drug-likeness (QED) is 0.251. The Morgan fingerprint density at radius 3 is 2.59 bits per heavy atom. The molecule has 0 amide bonds. The summed E-state index contributed by atoms with van der Waals surface area (Å²) in [5.41, 5.74) is 1.61. The maximum atomic E-state index is 13.7. The highest BCUT2D eigenvalue weighted by molar-refractivity contribution is 5.66. The van der Waals surface area contributed by atoms with E-state index in [1.165, 1.54) is 42.2 Å². The van der Waals surface area contributed by atoms with Gasteiger partial charge in [-0.3, -0.25) is 0 Å². The van der Waals surface area contributed by atoms with Crippen molar-refractivity contribution in [1.29, 1.82) is 0 Å². The molecule has 4 rings (SSSR count). The van der Waals surface area contributed by atoms with Crippen LogP contribution in [0.2, 0.25) is 0 Å². The van der Waals surface area contributed by atoms with E-state index in [-0.39, 0.29) is 24.7 Å². The molecule has 0 fully saturated rings. The minimum absolute atomic E-state index is 0.150. The largest absolute Gasteiger partial charge is 0.487 e. The monoisotopic (exact) mass is 509 g/mol. The van der Waals surface area contributed by atoms with Gasteiger partial charge >= 0.3 is 0 Å². The Labute approximate surface area is 213 Å². The lowest BCUT2D eigenvalue weighted by Crippen LogP contribution is -2.18. The fourth-order valence-electron chi connectivity index (χ4n) is 3.82. The van der Waals surface area contributed by atoms with Crippen molar-refractivity contribution in [3.05, 3.63) is 101 Å². The molecule has 37 heavy (non-hydrogen) atoms. The number of benzene rings is 2. The van der Waals surface area contributed by atoms with Crippen LogP contribution in [0.5, 0.6) is 5.75 Å². The molecule has 2 aromatic heterocycles. The highest BCUT2D eigenvalue weighted by Crippen LogP contribution is 2.18. The second-order valence-electron chi connectivity index (χ2n) is 8.61. The van der Waals surface area contributed by atoms with E-state index in [9.17, 15) is 13.9 Å². The van der Waals surface area contributed by atoms with Crippen molar-refractivity contribution in [2.75, 3.05) is 6.61 Å². The Morgan fingerprint density at radius 2 is 1.84 bits per heavy atom. The Hall–Kier alpha value is -3.82. The van der Waals surface area contributed by atoms with Gasteiger partial charge in [0.05, 0.1) is 12.7 Å². The first kappa shape index (κ1) is 26.2. The predicted octanol–water partition coefficient (Wildman–Crippen LogP) is 4.82. The average Bonchev–Trinajstić information content (AvgIpc) is 3.55. The smallest absolute Gasteiger partial charge is 0.218 e. The summed E-state index contributed by atoms with van der Waals surface area (Å²) < 4.78 is 40.6. The van der Waals surface area contributed by atoms with E-state index in [2.05, 4.69) is 9.97 Å². The van der Waals surface area contributed by atoms with Crippen molar-refractivity contribution in [3.63, 3.8) is 0 Å².